The second-order valence-electron chi connectivity index (χ2n) is 8.24. The molecule has 3 fully saturated rings. The summed E-state index contributed by atoms with van der Waals surface area (Å²) in [6.07, 6.45) is 6.40. The summed E-state index contributed by atoms with van der Waals surface area (Å²) >= 11 is 0. The minimum Gasteiger partial charge on any atom is -0.375 e. The van der Waals surface area contributed by atoms with Crippen LogP contribution in [0.5, 0.6) is 0 Å². The van der Waals surface area contributed by atoms with Crippen molar-refractivity contribution in [3.63, 3.8) is 0 Å². The van der Waals surface area contributed by atoms with Crippen LogP contribution in [0.25, 0.3) is 0 Å². The monoisotopic (exact) mass is 499 g/mol. The number of halogens is 1. The highest BCUT2D eigenvalue weighted by molar-refractivity contribution is 14.0. The molecule has 2 saturated heterocycles. The number of aliphatic imine (C=N–C) groups is 1. The van der Waals surface area contributed by atoms with Gasteiger partial charge in [-0.1, -0.05) is 30.3 Å². The first-order chi connectivity index (χ1) is 13.3. The van der Waals surface area contributed by atoms with E-state index in [0.29, 0.717) is 5.41 Å². The molecule has 1 aromatic carbocycles. The molecule has 1 aliphatic carbocycles. The van der Waals surface area contributed by atoms with Crippen molar-refractivity contribution < 1.29 is 9.47 Å². The van der Waals surface area contributed by atoms with E-state index in [2.05, 4.69) is 47.5 Å². The number of nitrogens with one attached hydrogen (secondary N) is 1. The Morgan fingerprint density at radius 3 is 2.64 bits per heavy atom. The third kappa shape index (κ3) is 5.60. The molecule has 2 heterocycles. The molecule has 0 aromatic heterocycles. The summed E-state index contributed by atoms with van der Waals surface area (Å²) in [6, 6.07) is 10.8. The van der Waals surface area contributed by atoms with E-state index in [4.69, 9.17) is 14.5 Å². The SMILES string of the molecule is CCNC(=NCC1(Cc2ccccc2)CC1)N1CCOC(C2CCCO2)C1.I. The molecule has 156 valence electrons. The molecule has 4 rings (SSSR count). The van der Waals surface area contributed by atoms with Crippen LogP contribution in [-0.2, 0) is 15.9 Å². The Balaban J connectivity index is 0.00000225. The Morgan fingerprint density at radius 1 is 1.18 bits per heavy atom. The normalized spacial score (nSPS) is 26.6. The summed E-state index contributed by atoms with van der Waals surface area (Å²) in [5.41, 5.74) is 1.79. The molecular weight excluding hydrogens is 465 g/mol. The molecular formula is C22H34IN3O2. The lowest BCUT2D eigenvalue weighted by atomic mass is 9.97. The minimum absolute atomic E-state index is 0. The maximum Gasteiger partial charge on any atom is 0.194 e. The third-order valence-electron chi connectivity index (χ3n) is 6.05. The Labute approximate surface area is 186 Å². The van der Waals surface area contributed by atoms with Crippen molar-refractivity contribution in [1.82, 2.24) is 10.2 Å². The number of ether oxygens (including phenoxy) is 2. The first-order valence-electron chi connectivity index (χ1n) is 10.6. The first-order valence-corrected chi connectivity index (χ1v) is 10.6. The van der Waals surface area contributed by atoms with Gasteiger partial charge in [0.1, 0.15) is 6.10 Å². The van der Waals surface area contributed by atoms with E-state index in [-0.39, 0.29) is 36.2 Å². The lowest BCUT2D eigenvalue weighted by Crippen LogP contribution is -2.53. The summed E-state index contributed by atoms with van der Waals surface area (Å²) in [5.74, 6) is 1.04. The average Bonchev–Trinajstić information content (AvgIpc) is 3.24. The standard InChI is InChI=1S/C22H33N3O2.HI/c1-2-23-21(25-12-14-27-20(16-25)19-9-6-13-26-19)24-17-22(10-11-22)15-18-7-4-3-5-8-18;/h3-5,7-8,19-20H,2,6,9-17H2,1H3,(H,23,24);1H. The van der Waals surface area contributed by atoms with Crippen molar-refractivity contribution in [2.45, 2.75) is 51.2 Å². The lowest BCUT2D eigenvalue weighted by Gasteiger charge is -2.37. The Hall–Kier alpha value is -0.860. The predicted octanol–water partition coefficient (Wildman–Crippen LogP) is 3.47. The fourth-order valence-corrected chi connectivity index (χ4v) is 4.25. The van der Waals surface area contributed by atoms with Gasteiger partial charge in [-0.2, -0.15) is 0 Å². The van der Waals surface area contributed by atoms with Crippen LogP contribution in [0.4, 0.5) is 0 Å². The van der Waals surface area contributed by atoms with Gasteiger partial charge in [0.15, 0.2) is 5.96 Å². The topological polar surface area (TPSA) is 46.1 Å². The molecule has 3 aliphatic rings. The molecule has 1 N–H and O–H groups in total. The maximum absolute atomic E-state index is 6.01. The smallest absolute Gasteiger partial charge is 0.194 e. The number of guanidine groups is 1. The molecule has 5 nitrogen and oxygen atoms in total. The van der Waals surface area contributed by atoms with Crippen molar-refractivity contribution in [1.29, 1.82) is 0 Å². The van der Waals surface area contributed by atoms with Crippen molar-refractivity contribution in [2.75, 3.05) is 39.4 Å². The third-order valence-corrected chi connectivity index (χ3v) is 6.05. The molecule has 2 unspecified atom stereocenters. The van der Waals surface area contributed by atoms with Crippen LogP contribution in [-0.4, -0.2) is 62.5 Å². The summed E-state index contributed by atoms with van der Waals surface area (Å²) in [4.78, 5) is 7.44. The Morgan fingerprint density at radius 2 is 1.96 bits per heavy atom. The van der Waals surface area contributed by atoms with Gasteiger partial charge in [0, 0.05) is 32.8 Å². The Bertz CT molecular complexity index is 630. The largest absolute Gasteiger partial charge is 0.375 e. The van der Waals surface area contributed by atoms with Gasteiger partial charge in [-0.15, -0.1) is 24.0 Å². The average molecular weight is 499 g/mol. The van der Waals surface area contributed by atoms with Crippen LogP contribution in [0.3, 0.4) is 0 Å². The Kier molecular flexibility index (Phi) is 8.00. The molecule has 1 aromatic rings. The summed E-state index contributed by atoms with van der Waals surface area (Å²) in [5, 5.41) is 3.51. The van der Waals surface area contributed by atoms with E-state index >= 15 is 0 Å². The van der Waals surface area contributed by atoms with Gasteiger partial charge in [-0.05, 0) is 50.0 Å². The second-order valence-corrected chi connectivity index (χ2v) is 8.24. The van der Waals surface area contributed by atoms with Crippen molar-refractivity contribution >= 4 is 29.9 Å². The van der Waals surface area contributed by atoms with Gasteiger partial charge in [-0.25, -0.2) is 0 Å². The van der Waals surface area contributed by atoms with E-state index in [1.54, 1.807) is 0 Å². The number of morpholine rings is 1. The molecule has 2 aliphatic heterocycles. The molecule has 6 heteroatoms. The van der Waals surface area contributed by atoms with Crippen LogP contribution in [0.2, 0.25) is 0 Å². The summed E-state index contributed by atoms with van der Waals surface area (Å²) in [6.45, 7) is 7.36. The quantitative estimate of drug-likeness (QED) is 0.370. The van der Waals surface area contributed by atoms with Gasteiger partial charge in [0.25, 0.3) is 0 Å². The van der Waals surface area contributed by atoms with Crippen molar-refractivity contribution in [3.05, 3.63) is 35.9 Å². The molecule has 0 bridgehead atoms. The molecule has 0 spiro atoms. The van der Waals surface area contributed by atoms with Crippen LogP contribution in [0.1, 0.15) is 38.2 Å². The zero-order chi connectivity index (χ0) is 18.5. The number of rotatable bonds is 6. The highest BCUT2D eigenvalue weighted by atomic mass is 127. The maximum atomic E-state index is 6.01. The van der Waals surface area contributed by atoms with E-state index in [1.165, 1.54) is 18.4 Å². The fraction of sp³-hybridized carbons (Fsp3) is 0.682. The number of hydrogen-bond acceptors (Lipinski definition) is 3. The van der Waals surface area contributed by atoms with Crippen molar-refractivity contribution in [3.8, 4) is 0 Å². The van der Waals surface area contributed by atoms with Crippen LogP contribution < -0.4 is 5.32 Å². The van der Waals surface area contributed by atoms with E-state index in [9.17, 15) is 0 Å². The van der Waals surface area contributed by atoms with Gasteiger partial charge in [0.2, 0.25) is 0 Å². The number of benzene rings is 1. The summed E-state index contributed by atoms with van der Waals surface area (Å²) in [7, 11) is 0. The fourth-order valence-electron chi connectivity index (χ4n) is 4.25. The minimum atomic E-state index is 0. The number of hydrogen-bond donors (Lipinski definition) is 1. The highest BCUT2D eigenvalue weighted by Crippen LogP contribution is 2.48. The highest BCUT2D eigenvalue weighted by Gasteiger charge is 2.42. The van der Waals surface area contributed by atoms with Crippen LogP contribution in [0.15, 0.2) is 35.3 Å². The molecule has 0 radical (unpaired) electrons. The second kappa shape index (κ2) is 10.3. The van der Waals surface area contributed by atoms with Crippen LogP contribution >= 0.6 is 24.0 Å². The van der Waals surface area contributed by atoms with Gasteiger partial charge in [-0.3, -0.25) is 4.99 Å². The van der Waals surface area contributed by atoms with Gasteiger partial charge < -0.3 is 19.7 Å². The number of nitrogens with zero attached hydrogens (tertiary/aromatic N) is 2. The molecule has 1 saturated carbocycles. The van der Waals surface area contributed by atoms with E-state index < -0.39 is 0 Å². The zero-order valence-corrected chi connectivity index (χ0v) is 19.3. The molecule has 2 atom stereocenters. The zero-order valence-electron chi connectivity index (χ0n) is 16.9. The predicted molar refractivity (Wildman–Crippen MR) is 123 cm³/mol. The van der Waals surface area contributed by atoms with Crippen LogP contribution in [0, 0.1) is 5.41 Å². The van der Waals surface area contributed by atoms with E-state index in [0.717, 1.165) is 64.6 Å². The first kappa shape index (κ1) is 21.8. The summed E-state index contributed by atoms with van der Waals surface area (Å²) < 4.78 is 11.9. The van der Waals surface area contributed by atoms with E-state index in [1.807, 2.05) is 0 Å². The molecule has 28 heavy (non-hydrogen) atoms. The van der Waals surface area contributed by atoms with Crippen molar-refractivity contribution in [2.24, 2.45) is 10.4 Å². The molecule has 0 amide bonds. The van der Waals surface area contributed by atoms with Gasteiger partial charge in [0.05, 0.1) is 12.7 Å². The lowest BCUT2D eigenvalue weighted by molar-refractivity contribution is -0.0817. The van der Waals surface area contributed by atoms with Gasteiger partial charge >= 0.3 is 0 Å².